The van der Waals surface area contributed by atoms with Crippen LogP contribution in [0.2, 0.25) is 5.02 Å². The molecule has 1 aliphatic heterocycles. The van der Waals surface area contributed by atoms with Gasteiger partial charge in [0.15, 0.2) is 11.6 Å². The van der Waals surface area contributed by atoms with Crippen LogP contribution in [0.3, 0.4) is 0 Å². The summed E-state index contributed by atoms with van der Waals surface area (Å²) in [7, 11) is 0. The van der Waals surface area contributed by atoms with Crippen LogP contribution in [0.1, 0.15) is 86.2 Å². The van der Waals surface area contributed by atoms with Crippen molar-refractivity contribution in [3.8, 4) is 5.69 Å². The molecular formula is C21H25ClN6O. The van der Waals surface area contributed by atoms with Gasteiger partial charge in [0, 0.05) is 29.3 Å². The van der Waals surface area contributed by atoms with E-state index in [1.165, 1.54) is 5.56 Å². The smallest absolute Gasteiger partial charge is 0.229 e. The lowest BCUT2D eigenvalue weighted by Gasteiger charge is -2.26. The molecule has 3 heterocycles. The average molecular weight is 413 g/mol. The van der Waals surface area contributed by atoms with Crippen molar-refractivity contribution in [1.82, 2.24) is 30.2 Å². The Morgan fingerprint density at radius 2 is 1.90 bits per heavy atom. The van der Waals surface area contributed by atoms with Crippen LogP contribution in [0.5, 0.6) is 0 Å². The molecule has 1 saturated carbocycles. The predicted molar refractivity (Wildman–Crippen MR) is 109 cm³/mol. The van der Waals surface area contributed by atoms with Gasteiger partial charge in [-0.2, -0.15) is 4.98 Å². The first-order valence-electron chi connectivity index (χ1n) is 10.4. The number of aromatic nitrogens is 5. The lowest BCUT2D eigenvalue weighted by molar-refractivity contribution is 0.338. The van der Waals surface area contributed by atoms with Crippen LogP contribution in [0.15, 0.2) is 22.7 Å². The van der Waals surface area contributed by atoms with Gasteiger partial charge in [0.2, 0.25) is 5.89 Å². The first kappa shape index (κ1) is 18.8. The SMILES string of the molecule is CC(C)c1nc([C@H]2CC[C@@H](c3nnc4n3-c3ccc(Cl)cc3CNC4)CC2)no1. The topological polar surface area (TPSA) is 81.7 Å². The number of halogens is 1. The van der Waals surface area contributed by atoms with Crippen molar-refractivity contribution in [2.24, 2.45) is 0 Å². The summed E-state index contributed by atoms with van der Waals surface area (Å²) in [5.74, 6) is 4.61. The summed E-state index contributed by atoms with van der Waals surface area (Å²) in [6, 6.07) is 6.06. The van der Waals surface area contributed by atoms with Crippen LogP contribution in [-0.2, 0) is 13.1 Å². The van der Waals surface area contributed by atoms with E-state index in [2.05, 4.69) is 50.1 Å². The zero-order valence-corrected chi connectivity index (χ0v) is 17.5. The van der Waals surface area contributed by atoms with Gasteiger partial charge >= 0.3 is 0 Å². The van der Waals surface area contributed by atoms with Gasteiger partial charge in [0.1, 0.15) is 5.82 Å². The summed E-state index contributed by atoms with van der Waals surface area (Å²) >= 11 is 6.23. The van der Waals surface area contributed by atoms with Crippen molar-refractivity contribution >= 4 is 11.6 Å². The molecule has 0 unspecified atom stereocenters. The normalized spacial score (nSPS) is 21.7. The van der Waals surface area contributed by atoms with E-state index in [-0.39, 0.29) is 5.92 Å². The Hall–Kier alpha value is -2.25. The highest BCUT2D eigenvalue weighted by Crippen LogP contribution is 2.40. The second-order valence-corrected chi connectivity index (χ2v) is 8.82. The molecule has 2 aliphatic rings. The van der Waals surface area contributed by atoms with Crippen molar-refractivity contribution in [3.05, 3.63) is 52.1 Å². The van der Waals surface area contributed by atoms with E-state index in [1.807, 2.05) is 12.1 Å². The quantitative estimate of drug-likeness (QED) is 0.683. The molecule has 1 fully saturated rings. The second kappa shape index (κ2) is 7.54. The molecule has 7 nitrogen and oxygen atoms in total. The molecule has 5 rings (SSSR count). The highest BCUT2D eigenvalue weighted by atomic mass is 35.5. The fourth-order valence-electron chi connectivity index (χ4n) is 4.45. The summed E-state index contributed by atoms with van der Waals surface area (Å²) in [6.07, 6.45) is 4.17. The third kappa shape index (κ3) is 3.46. The Morgan fingerprint density at radius 3 is 2.66 bits per heavy atom. The lowest BCUT2D eigenvalue weighted by atomic mass is 9.81. The van der Waals surface area contributed by atoms with Crippen LogP contribution in [0, 0.1) is 0 Å². The van der Waals surface area contributed by atoms with E-state index in [1.54, 1.807) is 0 Å². The van der Waals surface area contributed by atoms with Crippen LogP contribution >= 0.6 is 11.6 Å². The Kier molecular flexibility index (Phi) is 4.87. The minimum absolute atomic E-state index is 0.265. The van der Waals surface area contributed by atoms with Crippen molar-refractivity contribution in [2.45, 2.75) is 70.4 Å². The molecule has 0 radical (unpaired) electrons. The van der Waals surface area contributed by atoms with Gasteiger partial charge in [-0.3, -0.25) is 4.57 Å². The Morgan fingerprint density at radius 1 is 1.10 bits per heavy atom. The van der Waals surface area contributed by atoms with Crippen molar-refractivity contribution in [1.29, 1.82) is 0 Å². The minimum atomic E-state index is 0.265. The zero-order valence-electron chi connectivity index (χ0n) is 16.7. The van der Waals surface area contributed by atoms with Gasteiger partial charge in [-0.1, -0.05) is 30.6 Å². The maximum atomic E-state index is 6.23. The van der Waals surface area contributed by atoms with E-state index in [4.69, 9.17) is 16.1 Å². The highest BCUT2D eigenvalue weighted by Gasteiger charge is 2.31. The number of fused-ring (bicyclic) bond motifs is 3. The van der Waals surface area contributed by atoms with Crippen molar-refractivity contribution in [3.63, 3.8) is 0 Å². The first-order chi connectivity index (χ1) is 14.1. The molecule has 0 amide bonds. The number of hydrogen-bond donors (Lipinski definition) is 1. The predicted octanol–water partition coefficient (Wildman–Crippen LogP) is 4.47. The molecule has 152 valence electrons. The van der Waals surface area contributed by atoms with Gasteiger partial charge < -0.3 is 9.84 Å². The Labute approximate surface area is 174 Å². The molecule has 0 bridgehead atoms. The fourth-order valence-corrected chi connectivity index (χ4v) is 4.65. The summed E-state index contributed by atoms with van der Waals surface area (Å²) in [4.78, 5) is 4.61. The third-order valence-electron chi connectivity index (χ3n) is 6.04. The molecule has 2 aromatic heterocycles. The van der Waals surface area contributed by atoms with Crippen LogP contribution in [-0.4, -0.2) is 24.9 Å². The number of nitrogens with zero attached hydrogens (tertiary/aromatic N) is 5. The summed E-state index contributed by atoms with van der Waals surface area (Å²) in [5, 5.41) is 17.5. The van der Waals surface area contributed by atoms with E-state index >= 15 is 0 Å². The number of hydrogen-bond acceptors (Lipinski definition) is 6. The zero-order chi connectivity index (χ0) is 20.0. The molecule has 1 N–H and O–H groups in total. The van der Waals surface area contributed by atoms with E-state index < -0.39 is 0 Å². The second-order valence-electron chi connectivity index (χ2n) is 8.38. The maximum Gasteiger partial charge on any atom is 0.229 e. The number of rotatable bonds is 3. The monoisotopic (exact) mass is 412 g/mol. The highest BCUT2D eigenvalue weighted by molar-refractivity contribution is 6.30. The van der Waals surface area contributed by atoms with Gasteiger partial charge in [-0.15, -0.1) is 10.2 Å². The number of benzene rings is 1. The van der Waals surface area contributed by atoms with Crippen LogP contribution in [0.4, 0.5) is 0 Å². The minimum Gasteiger partial charge on any atom is -0.339 e. The summed E-state index contributed by atoms with van der Waals surface area (Å²) in [6.45, 7) is 5.63. The standard InChI is InChI=1S/C21H25ClN6O/c1-12(2)21-24-19(27-29-21)13-3-5-14(6-4-13)20-26-25-18-11-23-10-15-9-16(22)7-8-17(15)28(18)20/h7-9,12-14,23H,3-6,10-11H2,1-2H3/t13-,14+. The first-order valence-corrected chi connectivity index (χ1v) is 10.7. The van der Waals surface area contributed by atoms with Crippen molar-refractivity contribution in [2.75, 3.05) is 0 Å². The average Bonchev–Trinajstić information content (AvgIpc) is 3.33. The van der Waals surface area contributed by atoms with Gasteiger partial charge in [0.05, 0.1) is 12.2 Å². The maximum absolute atomic E-state index is 6.23. The molecular weight excluding hydrogens is 388 g/mol. The molecule has 3 aromatic rings. The van der Waals surface area contributed by atoms with Gasteiger partial charge in [-0.05, 0) is 49.4 Å². The third-order valence-corrected chi connectivity index (χ3v) is 6.28. The Balaban J connectivity index is 1.39. The molecule has 8 heteroatoms. The molecule has 1 aromatic carbocycles. The van der Waals surface area contributed by atoms with Crippen molar-refractivity contribution < 1.29 is 4.52 Å². The molecule has 29 heavy (non-hydrogen) atoms. The fraction of sp³-hybridized carbons (Fsp3) is 0.524. The largest absolute Gasteiger partial charge is 0.339 e. The lowest BCUT2D eigenvalue weighted by Crippen LogP contribution is -2.17. The van der Waals surface area contributed by atoms with E-state index in [9.17, 15) is 0 Å². The Bertz CT molecular complexity index is 1020. The summed E-state index contributed by atoms with van der Waals surface area (Å²) < 4.78 is 7.65. The van der Waals surface area contributed by atoms with E-state index in [0.717, 1.165) is 66.3 Å². The van der Waals surface area contributed by atoms with Gasteiger partial charge in [0.25, 0.3) is 0 Å². The number of nitrogens with one attached hydrogen (secondary N) is 1. The summed E-state index contributed by atoms with van der Waals surface area (Å²) in [5.41, 5.74) is 2.32. The molecule has 0 atom stereocenters. The molecule has 0 saturated heterocycles. The molecule has 1 aliphatic carbocycles. The molecule has 0 spiro atoms. The van der Waals surface area contributed by atoms with Crippen LogP contribution < -0.4 is 5.32 Å². The van der Waals surface area contributed by atoms with Gasteiger partial charge in [-0.25, -0.2) is 0 Å². The van der Waals surface area contributed by atoms with Crippen LogP contribution in [0.25, 0.3) is 5.69 Å². The van der Waals surface area contributed by atoms with E-state index in [0.29, 0.717) is 18.4 Å².